The minimum atomic E-state index is -0.428. The number of rotatable bonds is 4. The zero-order chi connectivity index (χ0) is 15.2. The second kappa shape index (κ2) is 6.93. The number of benzene rings is 2. The Morgan fingerprint density at radius 2 is 1.86 bits per heavy atom. The van der Waals surface area contributed by atoms with E-state index in [1.54, 1.807) is 0 Å². The van der Waals surface area contributed by atoms with Crippen molar-refractivity contribution in [3.05, 3.63) is 65.2 Å². The number of carbonyl (C=O) groups is 1. The second-order valence-corrected chi connectivity index (χ2v) is 5.41. The summed E-state index contributed by atoms with van der Waals surface area (Å²) < 4.78 is 5.41. The molecule has 0 aliphatic carbocycles. The summed E-state index contributed by atoms with van der Waals surface area (Å²) in [6, 6.07) is 15.7. The molecule has 3 heteroatoms. The van der Waals surface area contributed by atoms with Crippen LogP contribution >= 0.6 is 0 Å². The molecule has 2 aromatic rings. The Morgan fingerprint density at radius 3 is 2.52 bits per heavy atom. The molecule has 2 aromatic carbocycles. The van der Waals surface area contributed by atoms with E-state index in [1.165, 1.54) is 0 Å². The Balaban J connectivity index is 1.98. The van der Waals surface area contributed by atoms with Crippen LogP contribution < -0.4 is 10.1 Å². The van der Waals surface area contributed by atoms with Crippen LogP contribution in [-0.4, -0.2) is 6.09 Å². The third kappa shape index (κ3) is 4.35. The second-order valence-electron chi connectivity index (χ2n) is 5.41. The highest BCUT2D eigenvalue weighted by Crippen LogP contribution is 2.24. The van der Waals surface area contributed by atoms with Gasteiger partial charge in [0.2, 0.25) is 0 Å². The fourth-order valence-corrected chi connectivity index (χ4v) is 1.99. The summed E-state index contributed by atoms with van der Waals surface area (Å²) in [5.41, 5.74) is 3.16. The van der Waals surface area contributed by atoms with E-state index in [1.807, 2.05) is 49.4 Å². The van der Waals surface area contributed by atoms with Gasteiger partial charge < -0.3 is 10.1 Å². The first-order valence-corrected chi connectivity index (χ1v) is 7.16. The lowest BCUT2D eigenvalue weighted by molar-refractivity contribution is 0.199. The highest BCUT2D eigenvalue weighted by molar-refractivity contribution is 5.71. The first-order valence-electron chi connectivity index (χ1n) is 7.16. The Hall–Kier alpha value is -2.29. The summed E-state index contributed by atoms with van der Waals surface area (Å²) in [6.45, 7) is 6.63. The molecular formula is C18H21NO2. The lowest BCUT2D eigenvalue weighted by atomic mass is 10.0. The van der Waals surface area contributed by atoms with E-state index >= 15 is 0 Å². The Bertz CT molecular complexity index is 606. The number of aryl methyl sites for hydroxylation is 1. The maximum absolute atomic E-state index is 11.9. The molecule has 1 N–H and O–H groups in total. The molecule has 0 fully saturated rings. The van der Waals surface area contributed by atoms with Gasteiger partial charge in [-0.3, -0.25) is 0 Å². The van der Waals surface area contributed by atoms with Crippen LogP contribution in [-0.2, 0) is 6.54 Å². The van der Waals surface area contributed by atoms with Crippen molar-refractivity contribution in [3.8, 4) is 5.75 Å². The first kappa shape index (κ1) is 15.1. The van der Waals surface area contributed by atoms with Crippen LogP contribution in [0.25, 0.3) is 0 Å². The molecule has 1 amide bonds. The van der Waals surface area contributed by atoms with Crippen molar-refractivity contribution in [3.63, 3.8) is 0 Å². The number of ether oxygens (including phenoxy) is 1. The van der Waals surface area contributed by atoms with Crippen LogP contribution in [0.15, 0.2) is 48.5 Å². The van der Waals surface area contributed by atoms with Crippen LogP contribution in [0.5, 0.6) is 5.75 Å². The lowest BCUT2D eigenvalue weighted by Gasteiger charge is -2.12. The zero-order valence-corrected chi connectivity index (χ0v) is 12.7. The van der Waals surface area contributed by atoms with Gasteiger partial charge in [0.1, 0.15) is 5.75 Å². The van der Waals surface area contributed by atoms with Gasteiger partial charge in [-0.05, 0) is 35.6 Å². The third-order valence-corrected chi connectivity index (χ3v) is 3.36. The Morgan fingerprint density at radius 1 is 1.14 bits per heavy atom. The van der Waals surface area contributed by atoms with Gasteiger partial charge in [-0.25, -0.2) is 4.79 Å². The van der Waals surface area contributed by atoms with Gasteiger partial charge in [0.05, 0.1) is 0 Å². The molecule has 0 aromatic heterocycles. The molecule has 0 atom stereocenters. The number of hydrogen-bond donors (Lipinski definition) is 1. The summed E-state index contributed by atoms with van der Waals surface area (Å²) in [5, 5.41) is 2.76. The highest BCUT2D eigenvalue weighted by atomic mass is 16.6. The number of nitrogens with one attached hydrogen (secondary N) is 1. The van der Waals surface area contributed by atoms with E-state index in [-0.39, 0.29) is 0 Å². The summed E-state index contributed by atoms with van der Waals surface area (Å²) in [5.74, 6) is 1.02. The number of carbonyl (C=O) groups excluding carboxylic acids is 1. The molecule has 0 unspecified atom stereocenters. The average molecular weight is 283 g/mol. The molecule has 0 radical (unpaired) electrons. The quantitative estimate of drug-likeness (QED) is 0.902. The van der Waals surface area contributed by atoms with Gasteiger partial charge in [0.25, 0.3) is 0 Å². The maximum atomic E-state index is 11.9. The molecule has 0 bridgehead atoms. The van der Waals surface area contributed by atoms with Crippen LogP contribution in [0, 0.1) is 6.92 Å². The minimum absolute atomic E-state index is 0.403. The summed E-state index contributed by atoms with van der Waals surface area (Å²) in [6.07, 6.45) is -0.428. The van der Waals surface area contributed by atoms with Crippen molar-refractivity contribution in [2.45, 2.75) is 33.2 Å². The van der Waals surface area contributed by atoms with E-state index in [9.17, 15) is 4.79 Å². The lowest BCUT2D eigenvalue weighted by Crippen LogP contribution is -2.26. The minimum Gasteiger partial charge on any atom is -0.410 e. The van der Waals surface area contributed by atoms with Gasteiger partial charge >= 0.3 is 6.09 Å². The number of amides is 1. The van der Waals surface area contributed by atoms with Crippen LogP contribution in [0.1, 0.15) is 36.5 Å². The third-order valence-electron chi connectivity index (χ3n) is 3.36. The molecule has 3 nitrogen and oxygen atoms in total. The SMILES string of the molecule is Cc1ccc(C(C)C)cc1OC(=O)NCc1ccccc1. The van der Waals surface area contributed by atoms with E-state index in [0.29, 0.717) is 18.2 Å². The van der Waals surface area contributed by atoms with E-state index in [0.717, 1.165) is 16.7 Å². The summed E-state index contributed by atoms with van der Waals surface area (Å²) >= 11 is 0. The smallest absolute Gasteiger partial charge is 0.410 e. The molecule has 2 rings (SSSR count). The maximum Gasteiger partial charge on any atom is 0.412 e. The van der Waals surface area contributed by atoms with Crippen molar-refractivity contribution >= 4 is 6.09 Å². The van der Waals surface area contributed by atoms with Crippen molar-refractivity contribution in [2.24, 2.45) is 0 Å². The molecule has 0 saturated heterocycles. The molecule has 21 heavy (non-hydrogen) atoms. The standard InChI is InChI=1S/C18H21NO2/c1-13(2)16-10-9-14(3)17(11-16)21-18(20)19-12-15-7-5-4-6-8-15/h4-11,13H,12H2,1-3H3,(H,19,20). The fourth-order valence-electron chi connectivity index (χ4n) is 1.99. The topological polar surface area (TPSA) is 38.3 Å². The van der Waals surface area contributed by atoms with E-state index in [2.05, 4.69) is 25.2 Å². The normalized spacial score (nSPS) is 10.5. The molecule has 0 saturated carbocycles. The Labute approximate surface area is 126 Å². The molecule has 0 heterocycles. The van der Waals surface area contributed by atoms with Gasteiger partial charge in [-0.2, -0.15) is 0 Å². The first-order chi connectivity index (χ1) is 10.1. The summed E-state index contributed by atoms with van der Waals surface area (Å²) in [7, 11) is 0. The van der Waals surface area contributed by atoms with Crippen molar-refractivity contribution in [1.82, 2.24) is 5.32 Å². The predicted molar refractivity (Wildman–Crippen MR) is 84.6 cm³/mol. The van der Waals surface area contributed by atoms with Crippen molar-refractivity contribution in [1.29, 1.82) is 0 Å². The predicted octanol–water partition coefficient (Wildman–Crippen LogP) is 4.41. The highest BCUT2D eigenvalue weighted by Gasteiger charge is 2.09. The van der Waals surface area contributed by atoms with Crippen LogP contribution in [0.3, 0.4) is 0 Å². The molecule has 0 aliphatic rings. The van der Waals surface area contributed by atoms with E-state index < -0.39 is 6.09 Å². The van der Waals surface area contributed by atoms with Crippen LogP contribution in [0.4, 0.5) is 4.79 Å². The van der Waals surface area contributed by atoms with E-state index in [4.69, 9.17) is 4.74 Å². The summed E-state index contributed by atoms with van der Waals surface area (Å²) in [4.78, 5) is 11.9. The van der Waals surface area contributed by atoms with Crippen LogP contribution in [0.2, 0.25) is 0 Å². The molecule has 0 aliphatic heterocycles. The van der Waals surface area contributed by atoms with Gasteiger partial charge in [-0.1, -0.05) is 56.3 Å². The monoisotopic (exact) mass is 283 g/mol. The van der Waals surface area contributed by atoms with Gasteiger partial charge in [0, 0.05) is 6.54 Å². The molecule has 0 spiro atoms. The van der Waals surface area contributed by atoms with Gasteiger partial charge in [-0.15, -0.1) is 0 Å². The molecular weight excluding hydrogens is 262 g/mol. The largest absolute Gasteiger partial charge is 0.412 e. The average Bonchev–Trinajstić information content (AvgIpc) is 2.48. The zero-order valence-electron chi connectivity index (χ0n) is 12.7. The van der Waals surface area contributed by atoms with Crippen molar-refractivity contribution < 1.29 is 9.53 Å². The molecule has 110 valence electrons. The number of hydrogen-bond acceptors (Lipinski definition) is 2. The fraction of sp³-hybridized carbons (Fsp3) is 0.278. The van der Waals surface area contributed by atoms with Crippen molar-refractivity contribution in [2.75, 3.05) is 0 Å². The Kier molecular flexibility index (Phi) is 4.99. The van der Waals surface area contributed by atoms with Gasteiger partial charge in [0.15, 0.2) is 0 Å².